The van der Waals surface area contributed by atoms with Crippen LogP contribution in [0.3, 0.4) is 0 Å². The quantitative estimate of drug-likeness (QED) is 0.625. The van der Waals surface area contributed by atoms with Crippen molar-refractivity contribution in [2.24, 2.45) is 0 Å². The summed E-state index contributed by atoms with van der Waals surface area (Å²) in [5, 5.41) is 0. The van der Waals surface area contributed by atoms with E-state index < -0.39 is 17.8 Å². The maximum atomic E-state index is 12.7. The molecule has 1 aromatic heterocycles. The molecule has 2 rings (SSSR count). The second-order valence-corrected chi connectivity index (χ2v) is 8.11. The van der Waals surface area contributed by atoms with E-state index in [1.54, 1.807) is 11.9 Å². The second-order valence-electron chi connectivity index (χ2n) is 8.11. The molecular formula is C20H33N5O5. The van der Waals surface area contributed by atoms with Crippen molar-refractivity contribution in [2.75, 3.05) is 59.5 Å². The lowest BCUT2D eigenvalue weighted by Crippen LogP contribution is -2.43. The van der Waals surface area contributed by atoms with Gasteiger partial charge in [-0.05, 0) is 27.2 Å². The molecule has 0 aromatic carbocycles. The van der Waals surface area contributed by atoms with Gasteiger partial charge in [0.05, 0.1) is 19.4 Å². The van der Waals surface area contributed by atoms with Crippen molar-refractivity contribution in [1.29, 1.82) is 0 Å². The summed E-state index contributed by atoms with van der Waals surface area (Å²) in [6, 6.07) is 0. The molecule has 0 aliphatic carbocycles. The smallest absolute Gasteiger partial charge is 0.416 e. The van der Waals surface area contributed by atoms with Gasteiger partial charge in [0.1, 0.15) is 5.60 Å². The highest BCUT2D eigenvalue weighted by molar-refractivity contribution is 5.70. The third kappa shape index (κ3) is 8.91. The summed E-state index contributed by atoms with van der Waals surface area (Å²) < 4.78 is 16.1. The molecule has 2 amide bonds. The van der Waals surface area contributed by atoms with Crippen LogP contribution in [-0.2, 0) is 9.47 Å². The van der Waals surface area contributed by atoms with Gasteiger partial charge in [-0.15, -0.1) is 0 Å². The van der Waals surface area contributed by atoms with E-state index in [0.717, 1.165) is 39.3 Å². The normalized spacial score (nSPS) is 14.8. The van der Waals surface area contributed by atoms with E-state index in [9.17, 15) is 9.59 Å². The Morgan fingerprint density at radius 2 is 1.87 bits per heavy atom. The van der Waals surface area contributed by atoms with Crippen molar-refractivity contribution < 1.29 is 23.8 Å². The molecule has 10 heteroatoms. The minimum Gasteiger partial charge on any atom is -0.444 e. The van der Waals surface area contributed by atoms with Crippen molar-refractivity contribution in [2.45, 2.75) is 32.8 Å². The molecule has 10 nitrogen and oxygen atoms in total. The summed E-state index contributed by atoms with van der Waals surface area (Å²) in [5.74, 6) is 0.140. The van der Waals surface area contributed by atoms with E-state index in [1.165, 1.54) is 23.5 Å². The number of ether oxygens (including phenoxy) is 3. The highest BCUT2D eigenvalue weighted by Crippen LogP contribution is 2.10. The van der Waals surface area contributed by atoms with E-state index in [4.69, 9.17) is 14.2 Å². The van der Waals surface area contributed by atoms with Gasteiger partial charge in [-0.2, -0.15) is 0 Å². The van der Waals surface area contributed by atoms with Crippen LogP contribution in [0.2, 0.25) is 0 Å². The van der Waals surface area contributed by atoms with Crippen LogP contribution in [0, 0.1) is 0 Å². The number of carbonyl (C=O) groups is 2. The summed E-state index contributed by atoms with van der Waals surface area (Å²) in [6.07, 6.45) is 4.19. The van der Waals surface area contributed by atoms with Crippen LogP contribution in [0.1, 0.15) is 27.2 Å². The number of hydrogen-bond acceptors (Lipinski definition) is 8. The summed E-state index contributed by atoms with van der Waals surface area (Å²) >= 11 is 0. The first-order valence-corrected chi connectivity index (χ1v) is 10.2. The first-order valence-electron chi connectivity index (χ1n) is 10.2. The van der Waals surface area contributed by atoms with Crippen LogP contribution >= 0.6 is 0 Å². The molecule has 168 valence electrons. The van der Waals surface area contributed by atoms with Crippen molar-refractivity contribution in [3.8, 4) is 5.88 Å². The van der Waals surface area contributed by atoms with Gasteiger partial charge in [-0.3, -0.25) is 9.88 Å². The number of hydrogen-bond donors (Lipinski definition) is 0. The Morgan fingerprint density at radius 3 is 2.50 bits per heavy atom. The largest absolute Gasteiger partial charge is 0.444 e. The molecular weight excluding hydrogens is 390 g/mol. The van der Waals surface area contributed by atoms with Crippen molar-refractivity contribution in [3.05, 3.63) is 18.6 Å². The molecule has 30 heavy (non-hydrogen) atoms. The Hall–Kier alpha value is -2.46. The minimum absolute atomic E-state index is 0.140. The fourth-order valence-corrected chi connectivity index (χ4v) is 2.80. The Kier molecular flexibility index (Phi) is 9.25. The maximum absolute atomic E-state index is 12.7. The van der Waals surface area contributed by atoms with Gasteiger partial charge in [0.15, 0.2) is 0 Å². The summed E-state index contributed by atoms with van der Waals surface area (Å²) in [5.41, 5.74) is -0.575. The number of aromatic nitrogens is 2. The monoisotopic (exact) mass is 423 g/mol. The standard InChI is InChI=1S/C20H33N5O5/c1-20(2,3)30-18(26)23(4)10-11-25(9-5-8-24-12-14-28-15-13-24)19(27)29-17-16-21-6-7-22-17/h6-7,16H,5,8-15H2,1-4H3. The van der Waals surface area contributed by atoms with Crippen LogP contribution in [0.5, 0.6) is 5.88 Å². The third-order valence-corrected chi connectivity index (χ3v) is 4.41. The number of amides is 2. The molecule has 1 aliphatic rings. The predicted octanol–water partition coefficient (Wildman–Crippen LogP) is 1.87. The summed E-state index contributed by atoms with van der Waals surface area (Å²) in [4.78, 5) is 38.1. The zero-order valence-electron chi connectivity index (χ0n) is 18.4. The van der Waals surface area contributed by atoms with Crippen LogP contribution in [-0.4, -0.2) is 102 Å². The zero-order chi connectivity index (χ0) is 22.0. The third-order valence-electron chi connectivity index (χ3n) is 4.41. The molecule has 1 aromatic rings. The zero-order valence-corrected chi connectivity index (χ0v) is 18.4. The highest BCUT2D eigenvalue weighted by Gasteiger charge is 2.22. The Bertz CT molecular complexity index is 661. The van der Waals surface area contributed by atoms with Crippen molar-refractivity contribution >= 4 is 12.2 Å². The molecule has 1 saturated heterocycles. The number of likely N-dealkylation sites (N-methyl/N-ethyl adjacent to an activating group) is 1. The molecule has 1 fully saturated rings. The summed E-state index contributed by atoms with van der Waals surface area (Å²) in [6.45, 7) is 10.7. The number of nitrogens with zero attached hydrogens (tertiary/aromatic N) is 5. The van der Waals surface area contributed by atoms with Crippen molar-refractivity contribution in [1.82, 2.24) is 24.7 Å². The van der Waals surface area contributed by atoms with E-state index in [2.05, 4.69) is 14.9 Å². The minimum atomic E-state index is -0.575. The second kappa shape index (κ2) is 11.7. The van der Waals surface area contributed by atoms with Gasteiger partial charge in [0, 0.05) is 58.7 Å². The molecule has 0 atom stereocenters. The molecule has 0 radical (unpaired) electrons. The lowest BCUT2D eigenvalue weighted by Gasteiger charge is -2.29. The van der Waals surface area contributed by atoms with Gasteiger partial charge in [-0.25, -0.2) is 14.6 Å². The average Bonchev–Trinajstić information content (AvgIpc) is 2.70. The Morgan fingerprint density at radius 1 is 1.13 bits per heavy atom. The number of morpholine rings is 1. The lowest BCUT2D eigenvalue weighted by molar-refractivity contribution is 0.0278. The van der Waals surface area contributed by atoms with E-state index in [0.29, 0.717) is 19.6 Å². The molecule has 0 bridgehead atoms. The van der Waals surface area contributed by atoms with E-state index >= 15 is 0 Å². The van der Waals surface area contributed by atoms with Crippen LogP contribution in [0.15, 0.2) is 18.6 Å². The molecule has 0 unspecified atom stereocenters. The lowest BCUT2D eigenvalue weighted by atomic mass is 10.2. The molecule has 1 aliphatic heterocycles. The van der Waals surface area contributed by atoms with Crippen molar-refractivity contribution in [3.63, 3.8) is 0 Å². The Balaban J connectivity index is 1.89. The maximum Gasteiger partial charge on any atom is 0.416 e. The molecule has 0 N–H and O–H groups in total. The SMILES string of the molecule is CN(CCN(CCCN1CCOCC1)C(=O)Oc1cnccn1)C(=O)OC(C)(C)C. The van der Waals surface area contributed by atoms with Gasteiger partial charge in [0.2, 0.25) is 5.88 Å². The Labute approximate surface area is 178 Å². The van der Waals surface area contributed by atoms with Crippen LogP contribution < -0.4 is 4.74 Å². The average molecular weight is 424 g/mol. The van der Waals surface area contributed by atoms with E-state index in [-0.39, 0.29) is 5.88 Å². The first kappa shape index (κ1) is 23.8. The van der Waals surface area contributed by atoms with Gasteiger partial charge < -0.3 is 24.0 Å². The molecule has 2 heterocycles. The van der Waals surface area contributed by atoms with E-state index in [1.807, 2.05) is 20.8 Å². The highest BCUT2D eigenvalue weighted by atomic mass is 16.6. The fraction of sp³-hybridized carbons (Fsp3) is 0.700. The first-order chi connectivity index (χ1) is 14.2. The predicted molar refractivity (Wildman–Crippen MR) is 110 cm³/mol. The van der Waals surface area contributed by atoms with Crippen LogP contribution in [0.4, 0.5) is 9.59 Å². The number of rotatable bonds is 8. The summed E-state index contributed by atoms with van der Waals surface area (Å²) in [7, 11) is 1.65. The van der Waals surface area contributed by atoms with Gasteiger partial charge in [-0.1, -0.05) is 0 Å². The van der Waals surface area contributed by atoms with Gasteiger partial charge in [0.25, 0.3) is 0 Å². The van der Waals surface area contributed by atoms with Gasteiger partial charge >= 0.3 is 12.2 Å². The fourth-order valence-electron chi connectivity index (χ4n) is 2.80. The topological polar surface area (TPSA) is 97.3 Å². The van der Waals surface area contributed by atoms with Crippen LogP contribution in [0.25, 0.3) is 0 Å². The number of carbonyl (C=O) groups excluding carboxylic acids is 2. The molecule has 0 spiro atoms. The molecule has 0 saturated carbocycles.